The van der Waals surface area contributed by atoms with Crippen molar-refractivity contribution in [1.29, 1.82) is 0 Å². The number of rotatable bonds is 6. The molecular formula is C8H18Zn. The molecule has 52 valence electrons. The van der Waals surface area contributed by atoms with Crippen LogP contribution in [0.15, 0.2) is 0 Å². The van der Waals surface area contributed by atoms with Gasteiger partial charge in [-0.2, -0.15) is 0 Å². The van der Waals surface area contributed by atoms with E-state index in [0.717, 1.165) is 0 Å². The molecule has 0 fully saturated rings. The zero-order valence-corrected chi connectivity index (χ0v) is 9.92. The Kier molecular flexibility index (Phi) is 9.22. The van der Waals surface area contributed by atoms with Crippen molar-refractivity contribution in [2.24, 2.45) is 0 Å². The van der Waals surface area contributed by atoms with E-state index in [1.807, 2.05) is 0 Å². The van der Waals surface area contributed by atoms with Crippen LogP contribution in [0.2, 0.25) is 10.0 Å². The first kappa shape index (κ1) is 9.62. The normalized spacial score (nSPS) is 9.11. The second kappa shape index (κ2) is 8.62. The van der Waals surface area contributed by atoms with Crippen LogP contribution in [0.5, 0.6) is 0 Å². The fourth-order valence-corrected chi connectivity index (χ4v) is 3.56. The van der Waals surface area contributed by atoms with E-state index in [-0.39, 0.29) is 17.1 Å². The summed E-state index contributed by atoms with van der Waals surface area (Å²) < 4.78 is 0. The maximum atomic E-state index is 2.35. The zero-order chi connectivity index (χ0) is 6.95. The quantitative estimate of drug-likeness (QED) is 0.433. The molecule has 1 heteroatoms. The fraction of sp³-hybridized carbons (Fsp3) is 1.00. The van der Waals surface area contributed by atoms with Gasteiger partial charge in [0.25, 0.3) is 0 Å². The zero-order valence-electron chi connectivity index (χ0n) is 6.95. The van der Waals surface area contributed by atoms with Gasteiger partial charge in [0.05, 0.1) is 0 Å². The van der Waals surface area contributed by atoms with Crippen LogP contribution >= 0.6 is 0 Å². The first-order valence-corrected chi connectivity index (χ1v) is 8.61. The van der Waals surface area contributed by atoms with Crippen LogP contribution in [0.25, 0.3) is 0 Å². The Morgan fingerprint density at radius 1 is 1.00 bits per heavy atom. The monoisotopic (exact) mass is 178 g/mol. The first-order valence-electron chi connectivity index (χ1n) is 4.41. The summed E-state index contributed by atoms with van der Waals surface area (Å²) in [7, 11) is 0. The van der Waals surface area contributed by atoms with Crippen molar-refractivity contribution in [1.82, 2.24) is 0 Å². The molecule has 0 amide bonds. The van der Waals surface area contributed by atoms with Crippen molar-refractivity contribution in [3.05, 3.63) is 0 Å². The summed E-state index contributed by atoms with van der Waals surface area (Å²) in [5.74, 6) is 0. The summed E-state index contributed by atoms with van der Waals surface area (Å²) >= 11 is 0.0296. The predicted octanol–water partition coefficient (Wildman–Crippen LogP) is 3.51. The predicted molar refractivity (Wildman–Crippen MR) is 39.4 cm³/mol. The molecule has 0 heterocycles. The average Bonchev–Trinajstić information content (AvgIpc) is 1.89. The number of hydrogen-bond donors (Lipinski definition) is 0. The molecule has 0 rings (SSSR count). The Bertz CT molecular complexity index is 37.8. The van der Waals surface area contributed by atoms with E-state index in [9.17, 15) is 0 Å². The van der Waals surface area contributed by atoms with Gasteiger partial charge in [-0.1, -0.05) is 0 Å². The summed E-state index contributed by atoms with van der Waals surface area (Å²) in [6.45, 7) is 4.63. The molecule has 0 aliphatic rings. The van der Waals surface area contributed by atoms with Gasteiger partial charge in [0, 0.05) is 0 Å². The molecule has 0 unspecified atom stereocenters. The molecule has 0 spiro atoms. The third kappa shape index (κ3) is 8.62. The Morgan fingerprint density at radius 3 is 2.33 bits per heavy atom. The number of hydrogen-bond acceptors (Lipinski definition) is 0. The molecule has 0 N–H and O–H groups in total. The van der Waals surface area contributed by atoms with Crippen molar-refractivity contribution < 1.29 is 17.1 Å². The average molecular weight is 180 g/mol. The topological polar surface area (TPSA) is 0 Å². The van der Waals surface area contributed by atoms with E-state index in [2.05, 4.69) is 13.8 Å². The van der Waals surface area contributed by atoms with E-state index in [1.165, 1.54) is 19.3 Å². The van der Waals surface area contributed by atoms with Gasteiger partial charge in [-0.05, 0) is 0 Å². The van der Waals surface area contributed by atoms with Crippen LogP contribution in [0.3, 0.4) is 0 Å². The van der Waals surface area contributed by atoms with Crippen LogP contribution in [0.1, 0.15) is 39.5 Å². The number of unbranched alkanes of at least 4 members (excludes halogenated alkanes) is 3. The van der Waals surface area contributed by atoms with Crippen molar-refractivity contribution in [2.75, 3.05) is 0 Å². The molecule has 0 nitrogen and oxygen atoms in total. The van der Waals surface area contributed by atoms with Crippen LogP contribution in [-0.4, -0.2) is 0 Å². The molecule has 0 radical (unpaired) electrons. The van der Waals surface area contributed by atoms with Gasteiger partial charge in [-0.3, -0.25) is 0 Å². The second-order valence-corrected chi connectivity index (χ2v) is 7.83. The summed E-state index contributed by atoms with van der Waals surface area (Å²) in [5.41, 5.74) is 0. The van der Waals surface area contributed by atoms with Gasteiger partial charge in [-0.15, -0.1) is 0 Å². The van der Waals surface area contributed by atoms with Crippen molar-refractivity contribution >= 4 is 0 Å². The third-order valence-corrected chi connectivity index (χ3v) is 5.29. The minimum absolute atomic E-state index is 0.0296. The Labute approximate surface area is 67.0 Å². The van der Waals surface area contributed by atoms with Crippen molar-refractivity contribution in [3.63, 3.8) is 0 Å². The van der Waals surface area contributed by atoms with Gasteiger partial charge in [0.2, 0.25) is 0 Å². The molecule has 0 aromatic heterocycles. The SMILES string of the molecule is CCCCC[CH2][Zn][CH2]C. The molecule has 0 atom stereocenters. The molecular weight excluding hydrogens is 161 g/mol. The van der Waals surface area contributed by atoms with Crippen LogP contribution in [0.4, 0.5) is 0 Å². The molecule has 0 aliphatic carbocycles. The Morgan fingerprint density at radius 2 is 1.78 bits per heavy atom. The van der Waals surface area contributed by atoms with E-state index in [1.54, 1.807) is 16.5 Å². The standard InChI is InChI=1S/C6H13.C2H5.Zn/c1-3-5-6-4-2;1-2;/h1,3-6H2,2H3;1H2,2H3;. The summed E-state index contributed by atoms with van der Waals surface area (Å²) in [5, 5.41) is 3.20. The van der Waals surface area contributed by atoms with Crippen molar-refractivity contribution in [3.8, 4) is 0 Å². The van der Waals surface area contributed by atoms with Crippen LogP contribution in [-0.2, 0) is 17.1 Å². The fourth-order valence-electron chi connectivity index (χ4n) is 1.03. The second-order valence-electron chi connectivity index (χ2n) is 2.77. The Balaban J connectivity index is 2.60. The van der Waals surface area contributed by atoms with Gasteiger partial charge in [0.1, 0.15) is 0 Å². The van der Waals surface area contributed by atoms with E-state index in [4.69, 9.17) is 0 Å². The van der Waals surface area contributed by atoms with E-state index < -0.39 is 0 Å². The van der Waals surface area contributed by atoms with Gasteiger partial charge in [-0.25, -0.2) is 0 Å². The maximum absolute atomic E-state index is 2.35. The third-order valence-electron chi connectivity index (χ3n) is 1.71. The van der Waals surface area contributed by atoms with Gasteiger partial charge in [0.15, 0.2) is 0 Å². The van der Waals surface area contributed by atoms with Gasteiger partial charge >= 0.3 is 66.7 Å². The molecule has 0 bridgehead atoms. The summed E-state index contributed by atoms with van der Waals surface area (Å²) in [6, 6.07) is 0. The molecule has 0 saturated heterocycles. The van der Waals surface area contributed by atoms with Crippen LogP contribution < -0.4 is 0 Å². The van der Waals surface area contributed by atoms with Crippen LogP contribution in [0, 0.1) is 0 Å². The van der Waals surface area contributed by atoms with Gasteiger partial charge < -0.3 is 0 Å². The molecule has 9 heavy (non-hydrogen) atoms. The molecule has 0 aromatic carbocycles. The van der Waals surface area contributed by atoms with E-state index >= 15 is 0 Å². The van der Waals surface area contributed by atoms with Crippen molar-refractivity contribution in [2.45, 2.75) is 49.6 Å². The molecule has 0 aliphatic heterocycles. The molecule has 0 saturated carbocycles. The summed E-state index contributed by atoms with van der Waals surface area (Å²) in [4.78, 5) is 0. The van der Waals surface area contributed by atoms with E-state index in [0.29, 0.717) is 0 Å². The summed E-state index contributed by atoms with van der Waals surface area (Å²) in [6.07, 6.45) is 5.90. The Hall–Kier alpha value is 0.623. The molecule has 0 aromatic rings. The minimum atomic E-state index is 0.0296. The first-order chi connectivity index (χ1) is 4.41.